The zero-order chi connectivity index (χ0) is 14.6. The van der Waals surface area contributed by atoms with Crippen LogP contribution in [0.3, 0.4) is 0 Å². The zero-order valence-corrected chi connectivity index (χ0v) is 10.2. The molecule has 1 nitrogen and oxygen atoms in total. The minimum absolute atomic E-state index is 0.0664. The lowest BCUT2D eigenvalue weighted by Gasteiger charge is -2.07. The number of carbonyl (C=O) groups excluding carboxylic acids is 1. The van der Waals surface area contributed by atoms with Gasteiger partial charge in [-0.3, -0.25) is 4.79 Å². The Morgan fingerprint density at radius 3 is 2.25 bits per heavy atom. The van der Waals surface area contributed by atoms with Crippen molar-refractivity contribution >= 4 is 6.29 Å². The van der Waals surface area contributed by atoms with Gasteiger partial charge in [0.25, 0.3) is 0 Å². The largest absolute Gasteiger partial charge is 0.416 e. The van der Waals surface area contributed by atoms with E-state index >= 15 is 0 Å². The first kappa shape index (κ1) is 13.9. The maximum atomic E-state index is 12.5. The van der Waals surface area contributed by atoms with Gasteiger partial charge in [-0.2, -0.15) is 13.2 Å². The lowest BCUT2D eigenvalue weighted by atomic mass is 10.0. The normalized spacial score (nSPS) is 10.6. The first-order chi connectivity index (χ1) is 9.50. The molecule has 0 N–H and O–H groups in total. The van der Waals surface area contributed by atoms with Crippen molar-refractivity contribution in [3.63, 3.8) is 0 Å². The summed E-state index contributed by atoms with van der Waals surface area (Å²) in [7, 11) is 0. The van der Waals surface area contributed by atoms with Crippen molar-refractivity contribution in [1.29, 1.82) is 0 Å². The Morgan fingerprint density at radius 1 is 0.950 bits per heavy atom. The summed E-state index contributed by atoms with van der Waals surface area (Å²) in [6, 6.07) is 11.9. The number of rotatable bonds is 1. The summed E-state index contributed by atoms with van der Waals surface area (Å²) < 4.78 is 37.6. The highest BCUT2D eigenvalue weighted by Crippen LogP contribution is 2.30. The molecular formula is C16H9F3O. The van der Waals surface area contributed by atoms with Gasteiger partial charge in [-0.1, -0.05) is 30.0 Å². The molecule has 0 amide bonds. The van der Waals surface area contributed by atoms with Crippen LogP contribution in [0.15, 0.2) is 48.5 Å². The molecule has 0 saturated carbocycles. The van der Waals surface area contributed by atoms with Gasteiger partial charge in [-0.15, -0.1) is 0 Å². The van der Waals surface area contributed by atoms with Crippen LogP contribution in [0, 0.1) is 11.8 Å². The van der Waals surface area contributed by atoms with E-state index in [1.54, 1.807) is 24.3 Å². The van der Waals surface area contributed by atoms with Gasteiger partial charge in [0, 0.05) is 16.7 Å². The summed E-state index contributed by atoms with van der Waals surface area (Å²) in [5.74, 6) is 5.51. The fourth-order valence-corrected chi connectivity index (χ4v) is 1.61. The van der Waals surface area contributed by atoms with E-state index in [-0.39, 0.29) is 11.1 Å². The van der Waals surface area contributed by atoms with Gasteiger partial charge in [0.05, 0.1) is 5.56 Å². The van der Waals surface area contributed by atoms with E-state index in [2.05, 4.69) is 11.8 Å². The molecule has 0 radical (unpaired) electrons. The predicted octanol–water partition coefficient (Wildman–Crippen LogP) is 3.92. The summed E-state index contributed by atoms with van der Waals surface area (Å²) in [6.07, 6.45) is -4.09. The summed E-state index contributed by atoms with van der Waals surface area (Å²) in [4.78, 5) is 10.9. The summed E-state index contributed by atoms with van der Waals surface area (Å²) >= 11 is 0. The maximum Gasteiger partial charge on any atom is 0.416 e. The fourth-order valence-electron chi connectivity index (χ4n) is 1.61. The van der Waals surface area contributed by atoms with Gasteiger partial charge in [-0.25, -0.2) is 0 Å². The second-order valence-electron chi connectivity index (χ2n) is 4.03. The minimum Gasteiger partial charge on any atom is -0.298 e. The molecule has 0 heterocycles. The monoisotopic (exact) mass is 274 g/mol. The number of alkyl halides is 3. The summed E-state index contributed by atoms with van der Waals surface area (Å²) in [6.45, 7) is 0. The highest BCUT2D eigenvalue weighted by atomic mass is 19.4. The Kier molecular flexibility index (Phi) is 3.90. The average molecular weight is 274 g/mol. The molecule has 0 bridgehead atoms. The van der Waals surface area contributed by atoms with Crippen LogP contribution < -0.4 is 0 Å². The smallest absolute Gasteiger partial charge is 0.298 e. The van der Waals surface area contributed by atoms with Crippen LogP contribution in [0.25, 0.3) is 0 Å². The maximum absolute atomic E-state index is 12.5. The first-order valence-electron chi connectivity index (χ1n) is 5.74. The Labute approximate surface area is 114 Å². The van der Waals surface area contributed by atoms with Gasteiger partial charge >= 0.3 is 6.18 Å². The van der Waals surface area contributed by atoms with E-state index < -0.39 is 11.7 Å². The van der Waals surface area contributed by atoms with Crippen molar-refractivity contribution in [1.82, 2.24) is 0 Å². The highest BCUT2D eigenvalue weighted by molar-refractivity contribution is 5.80. The van der Waals surface area contributed by atoms with Crippen molar-refractivity contribution in [2.24, 2.45) is 0 Å². The quantitative estimate of drug-likeness (QED) is 0.569. The molecule has 0 atom stereocenters. The van der Waals surface area contributed by atoms with Crippen LogP contribution in [0.2, 0.25) is 0 Å². The molecule has 0 aromatic heterocycles. The van der Waals surface area contributed by atoms with E-state index in [9.17, 15) is 18.0 Å². The summed E-state index contributed by atoms with van der Waals surface area (Å²) in [5, 5.41) is 0. The standard InChI is InChI=1S/C16H9F3O/c17-16(18,19)15-9-8-13(14(10-15)11-20)7-6-12-4-2-1-3-5-12/h1-5,8-11H. The molecule has 0 aliphatic heterocycles. The van der Waals surface area contributed by atoms with Gasteiger partial charge in [-0.05, 0) is 30.3 Å². The lowest BCUT2D eigenvalue weighted by Crippen LogP contribution is -2.06. The zero-order valence-electron chi connectivity index (χ0n) is 10.2. The Bertz CT molecular complexity index is 676. The molecular weight excluding hydrogens is 265 g/mol. The van der Waals surface area contributed by atoms with Crippen molar-refractivity contribution in [3.8, 4) is 11.8 Å². The Balaban J connectivity index is 2.39. The SMILES string of the molecule is O=Cc1cc(C(F)(F)F)ccc1C#Cc1ccccc1. The molecule has 0 spiro atoms. The second kappa shape index (κ2) is 5.62. The van der Waals surface area contributed by atoms with Crippen LogP contribution in [-0.4, -0.2) is 6.29 Å². The van der Waals surface area contributed by atoms with Gasteiger partial charge in [0.1, 0.15) is 0 Å². The van der Waals surface area contributed by atoms with Gasteiger partial charge in [0.15, 0.2) is 6.29 Å². The third-order valence-electron chi connectivity index (χ3n) is 2.62. The minimum atomic E-state index is -4.47. The molecule has 0 unspecified atom stereocenters. The van der Waals surface area contributed by atoms with Crippen LogP contribution in [0.1, 0.15) is 27.0 Å². The lowest BCUT2D eigenvalue weighted by molar-refractivity contribution is -0.137. The third-order valence-corrected chi connectivity index (χ3v) is 2.62. The van der Waals surface area contributed by atoms with Crippen molar-refractivity contribution in [2.75, 3.05) is 0 Å². The number of carbonyl (C=O) groups is 1. The van der Waals surface area contributed by atoms with Gasteiger partial charge in [0.2, 0.25) is 0 Å². The molecule has 4 heteroatoms. The van der Waals surface area contributed by atoms with E-state index in [1.165, 1.54) is 6.07 Å². The molecule has 20 heavy (non-hydrogen) atoms. The molecule has 2 aromatic rings. The van der Waals surface area contributed by atoms with Crippen molar-refractivity contribution < 1.29 is 18.0 Å². The first-order valence-corrected chi connectivity index (χ1v) is 5.74. The van der Waals surface area contributed by atoms with E-state index in [1.807, 2.05) is 6.07 Å². The molecule has 0 fully saturated rings. The highest BCUT2D eigenvalue weighted by Gasteiger charge is 2.30. The molecule has 2 aromatic carbocycles. The van der Waals surface area contributed by atoms with E-state index in [0.717, 1.165) is 17.7 Å². The Hall–Kier alpha value is -2.54. The molecule has 0 saturated heterocycles. The number of halogens is 3. The van der Waals surface area contributed by atoms with Crippen LogP contribution in [0.5, 0.6) is 0 Å². The van der Waals surface area contributed by atoms with Crippen molar-refractivity contribution in [3.05, 3.63) is 70.8 Å². The van der Waals surface area contributed by atoms with E-state index in [4.69, 9.17) is 0 Å². The second-order valence-corrected chi connectivity index (χ2v) is 4.03. The van der Waals surface area contributed by atoms with E-state index in [0.29, 0.717) is 6.29 Å². The molecule has 0 aliphatic rings. The number of aldehydes is 1. The van der Waals surface area contributed by atoms with Crippen LogP contribution in [-0.2, 0) is 6.18 Å². The fraction of sp³-hybridized carbons (Fsp3) is 0.0625. The van der Waals surface area contributed by atoms with Crippen LogP contribution in [0.4, 0.5) is 13.2 Å². The van der Waals surface area contributed by atoms with Crippen LogP contribution >= 0.6 is 0 Å². The van der Waals surface area contributed by atoms with Crippen molar-refractivity contribution in [2.45, 2.75) is 6.18 Å². The summed E-state index contributed by atoms with van der Waals surface area (Å²) in [5.41, 5.74) is 0.0780. The van der Waals surface area contributed by atoms with Gasteiger partial charge < -0.3 is 0 Å². The number of benzene rings is 2. The molecule has 2 rings (SSSR count). The molecule has 100 valence electrons. The topological polar surface area (TPSA) is 17.1 Å². The Morgan fingerprint density at radius 2 is 1.65 bits per heavy atom. The average Bonchev–Trinajstić information content (AvgIpc) is 2.45. The molecule has 0 aliphatic carbocycles. The predicted molar refractivity (Wildman–Crippen MR) is 69.3 cm³/mol. The third kappa shape index (κ3) is 3.27. The number of hydrogen-bond acceptors (Lipinski definition) is 1. The number of hydrogen-bond donors (Lipinski definition) is 0.